The van der Waals surface area contributed by atoms with Crippen LogP contribution in [-0.2, 0) is 11.2 Å². The Bertz CT molecular complexity index is 588. The van der Waals surface area contributed by atoms with Gasteiger partial charge in [-0.1, -0.05) is 17.7 Å². The third-order valence-electron chi connectivity index (χ3n) is 4.48. The average molecular weight is 371 g/mol. The Balaban J connectivity index is 1.78. The van der Waals surface area contributed by atoms with Crippen molar-refractivity contribution in [3.05, 3.63) is 34.6 Å². The minimum atomic E-state index is -0.315. The van der Waals surface area contributed by atoms with E-state index in [4.69, 9.17) is 16.3 Å². The number of benzene rings is 1. The van der Waals surface area contributed by atoms with E-state index in [1.807, 2.05) is 0 Å². The quantitative estimate of drug-likeness (QED) is 0.596. The zero-order chi connectivity index (χ0) is 18.3. The van der Waals surface area contributed by atoms with Crippen molar-refractivity contribution in [2.45, 2.75) is 25.8 Å². The highest BCUT2D eigenvalue weighted by Crippen LogP contribution is 2.17. The lowest BCUT2D eigenvalue weighted by atomic mass is 10.0. The summed E-state index contributed by atoms with van der Waals surface area (Å²) in [5.41, 5.74) is 0.932. The van der Waals surface area contributed by atoms with Crippen molar-refractivity contribution in [1.29, 1.82) is 0 Å². The molecule has 1 aliphatic rings. The summed E-state index contributed by atoms with van der Waals surface area (Å²) in [6, 6.07) is 4.49. The zero-order valence-electron chi connectivity index (χ0n) is 15.2. The van der Waals surface area contributed by atoms with E-state index in [0.717, 1.165) is 44.4 Å². The molecule has 7 heteroatoms. The van der Waals surface area contributed by atoms with Gasteiger partial charge in [-0.15, -0.1) is 0 Å². The molecule has 0 bridgehead atoms. The summed E-state index contributed by atoms with van der Waals surface area (Å²) in [7, 11) is 1.75. The maximum absolute atomic E-state index is 13.1. The molecule has 25 heavy (non-hydrogen) atoms. The minimum absolute atomic E-state index is 0.0155. The number of nitrogens with one attached hydrogen (secondary N) is 2. The van der Waals surface area contributed by atoms with Crippen LogP contribution in [0.15, 0.2) is 23.2 Å². The highest BCUT2D eigenvalue weighted by atomic mass is 35.5. The molecule has 0 radical (unpaired) electrons. The third kappa shape index (κ3) is 6.13. The minimum Gasteiger partial charge on any atom is -0.379 e. The predicted octanol–water partition coefficient (Wildman–Crippen LogP) is 2.30. The van der Waals surface area contributed by atoms with Crippen molar-refractivity contribution in [2.24, 2.45) is 4.99 Å². The number of guanidine groups is 1. The van der Waals surface area contributed by atoms with Crippen LogP contribution in [0.5, 0.6) is 0 Å². The second-order valence-corrected chi connectivity index (χ2v) is 7.16. The first kappa shape index (κ1) is 19.9. The van der Waals surface area contributed by atoms with Crippen LogP contribution in [0.2, 0.25) is 5.02 Å². The highest BCUT2D eigenvalue weighted by Gasteiger charge is 2.28. The van der Waals surface area contributed by atoms with Crippen LogP contribution >= 0.6 is 11.6 Å². The van der Waals surface area contributed by atoms with Crippen LogP contribution in [0.25, 0.3) is 0 Å². The second-order valence-electron chi connectivity index (χ2n) is 6.75. The topological polar surface area (TPSA) is 48.9 Å². The first-order chi connectivity index (χ1) is 11.9. The summed E-state index contributed by atoms with van der Waals surface area (Å²) < 4.78 is 18.5. The average Bonchev–Trinajstić information content (AvgIpc) is 2.60. The van der Waals surface area contributed by atoms with Crippen LogP contribution in [0.1, 0.15) is 19.4 Å². The number of nitrogens with zero attached hydrogens (tertiary/aromatic N) is 2. The van der Waals surface area contributed by atoms with Gasteiger partial charge in [0.15, 0.2) is 5.96 Å². The molecule has 0 spiro atoms. The fourth-order valence-electron chi connectivity index (χ4n) is 2.84. The molecule has 5 nitrogen and oxygen atoms in total. The number of ether oxygens (including phenoxy) is 1. The van der Waals surface area contributed by atoms with Gasteiger partial charge in [-0.25, -0.2) is 4.39 Å². The normalized spacial score (nSPS) is 16.8. The molecule has 1 fully saturated rings. The molecule has 2 rings (SSSR count). The Labute approximate surface area is 154 Å². The monoisotopic (exact) mass is 370 g/mol. The third-order valence-corrected chi connectivity index (χ3v) is 4.83. The van der Waals surface area contributed by atoms with Crippen LogP contribution in [0.3, 0.4) is 0 Å². The molecule has 0 aromatic heterocycles. The molecular formula is C18H28ClFN4O. The number of halogens is 2. The van der Waals surface area contributed by atoms with Crippen LogP contribution in [0, 0.1) is 5.82 Å². The Morgan fingerprint density at radius 2 is 2.04 bits per heavy atom. The molecule has 0 saturated carbocycles. The van der Waals surface area contributed by atoms with Crippen molar-refractivity contribution in [1.82, 2.24) is 15.5 Å². The molecule has 1 saturated heterocycles. The number of morpholine rings is 1. The molecular weight excluding hydrogens is 343 g/mol. The van der Waals surface area contributed by atoms with Gasteiger partial charge < -0.3 is 15.4 Å². The van der Waals surface area contributed by atoms with Gasteiger partial charge in [0.2, 0.25) is 0 Å². The van der Waals surface area contributed by atoms with Crippen molar-refractivity contribution in [3.63, 3.8) is 0 Å². The predicted molar refractivity (Wildman–Crippen MR) is 101 cm³/mol. The standard InChI is InChI=1S/C18H28ClFN4O/c1-18(2,24-8-10-25-11-9-24)13-23-17(21-3)22-7-6-14-4-5-15(20)12-16(14)19/h4-5,12H,6-11,13H2,1-3H3,(H2,21,22,23). The summed E-state index contributed by atoms with van der Waals surface area (Å²) >= 11 is 6.06. The SMILES string of the molecule is CN=C(NCCc1ccc(F)cc1Cl)NCC(C)(C)N1CCOCC1. The number of hydrogen-bond acceptors (Lipinski definition) is 3. The van der Waals surface area contributed by atoms with Gasteiger partial charge in [0.1, 0.15) is 5.82 Å². The first-order valence-corrected chi connectivity index (χ1v) is 9.01. The molecule has 0 amide bonds. The van der Waals surface area contributed by atoms with Gasteiger partial charge in [0.25, 0.3) is 0 Å². The maximum atomic E-state index is 13.1. The van der Waals surface area contributed by atoms with E-state index in [9.17, 15) is 4.39 Å². The lowest BCUT2D eigenvalue weighted by molar-refractivity contribution is -0.00833. The smallest absolute Gasteiger partial charge is 0.191 e. The van der Waals surface area contributed by atoms with E-state index in [-0.39, 0.29) is 11.4 Å². The van der Waals surface area contributed by atoms with Gasteiger partial charge >= 0.3 is 0 Å². The Hall–Kier alpha value is -1.37. The van der Waals surface area contributed by atoms with Crippen molar-refractivity contribution in [2.75, 3.05) is 46.4 Å². The Kier molecular flexibility index (Phi) is 7.47. The van der Waals surface area contributed by atoms with Crippen LogP contribution < -0.4 is 10.6 Å². The molecule has 1 heterocycles. The molecule has 0 unspecified atom stereocenters. The highest BCUT2D eigenvalue weighted by molar-refractivity contribution is 6.31. The number of rotatable bonds is 6. The summed E-state index contributed by atoms with van der Waals surface area (Å²) in [4.78, 5) is 6.69. The molecule has 1 aromatic rings. The van der Waals surface area contributed by atoms with Crippen LogP contribution in [0.4, 0.5) is 4.39 Å². The Morgan fingerprint density at radius 1 is 1.32 bits per heavy atom. The van der Waals surface area contributed by atoms with E-state index in [1.165, 1.54) is 12.1 Å². The fourth-order valence-corrected chi connectivity index (χ4v) is 3.10. The lowest BCUT2D eigenvalue weighted by Gasteiger charge is -2.41. The first-order valence-electron chi connectivity index (χ1n) is 8.63. The molecule has 2 N–H and O–H groups in total. The molecule has 1 aliphatic heterocycles. The Morgan fingerprint density at radius 3 is 2.68 bits per heavy atom. The van der Waals surface area contributed by atoms with Gasteiger partial charge in [0, 0.05) is 43.8 Å². The number of aliphatic imine (C=N–C) groups is 1. The van der Waals surface area contributed by atoms with E-state index in [2.05, 4.69) is 34.4 Å². The van der Waals surface area contributed by atoms with E-state index < -0.39 is 0 Å². The van der Waals surface area contributed by atoms with E-state index >= 15 is 0 Å². The summed E-state index contributed by atoms with van der Waals surface area (Å²) in [6.07, 6.45) is 0.701. The largest absolute Gasteiger partial charge is 0.379 e. The zero-order valence-corrected chi connectivity index (χ0v) is 16.0. The van der Waals surface area contributed by atoms with E-state index in [0.29, 0.717) is 18.0 Å². The summed E-state index contributed by atoms with van der Waals surface area (Å²) in [5.74, 6) is 0.434. The summed E-state index contributed by atoms with van der Waals surface area (Å²) in [6.45, 7) is 9.36. The molecule has 0 atom stereocenters. The van der Waals surface area contributed by atoms with Gasteiger partial charge in [-0.2, -0.15) is 0 Å². The van der Waals surface area contributed by atoms with Gasteiger partial charge in [-0.3, -0.25) is 9.89 Å². The van der Waals surface area contributed by atoms with Crippen molar-refractivity contribution in [3.8, 4) is 0 Å². The summed E-state index contributed by atoms with van der Waals surface area (Å²) in [5, 5.41) is 7.12. The van der Waals surface area contributed by atoms with Gasteiger partial charge in [0.05, 0.1) is 13.2 Å². The van der Waals surface area contributed by atoms with E-state index in [1.54, 1.807) is 13.1 Å². The number of hydrogen-bond donors (Lipinski definition) is 2. The van der Waals surface area contributed by atoms with Crippen molar-refractivity contribution >= 4 is 17.6 Å². The second kappa shape index (κ2) is 9.36. The molecule has 140 valence electrons. The fraction of sp³-hybridized carbons (Fsp3) is 0.611. The van der Waals surface area contributed by atoms with Crippen LogP contribution in [-0.4, -0.2) is 62.8 Å². The lowest BCUT2D eigenvalue weighted by Crippen LogP contribution is -2.56. The maximum Gasteiger partial charge on any atom is 0.191 e. The van der Waals surface area contributed by atoms with Crippen molar-refractivity contribution < 1.29 is 9.13 Å². The molecule has 1 aromatic carbocycles. The van der Waals surface area contributed by atoms with Gasteiger partial charge in [-0.05, 0) is 38.0 Å². The molecule has 0 aliphatic carbocycles.